The largest absolute Gasteiger partial charge is 0.484 e. The number of fused-ring (bicyclic) bond motifs is 1. The molecular formula is C15H12BrN3O3. The van der Waals surface area contributed by atoms with Crippen molar-refractivity contribution in [1.29, 1.82) is 0 Å². The number of carbonyl (C=O) groups excluding carboxylic acids is 1. The van der Waals surface area contributed by atoms with Crippen molar-refractivity contribution in [2.24, 2.45) is 0 Å². The van der Waals surface area contributed by atoms with Crippen LogP contribution in [0.2, 0.25) is 0 Å². The van der Waals surface area contributed by atoms with Gasteiger partial charge >= 0.3 is 6.01 Å². The van der Waals surface area contributed by atoms with Gasteiger partial charge in [0.15, 0.2) is 12.4 Å². The number of rotatable bonds is 4. The number of hydrogen-bond acceptors (Lipinski definition) is 5. The topological polar surface area (TPSA) is 77.2 Å². The summed E-state index contributed by atoms with van der Waals surface area (Å²) < 4.78 is 11.3. The summed E-state index contributed by atoms with van der Waals surface area (Å²) in [5.41, 5.74) is 0. The van der Waals surface area contributed by atoms with Crippen LogP contribution in [0, 0.1) is 6.92 Å². The maximum atomic E-state index is 11.7. The van der Waals surface area contributed by atoms with E-state index < -0.39 is 0 Å². The Labute approximate surface area is 134 Å². The summed E-state index contributed by atoms with van der Waals surface area (Å²) in [7, 11) is 0. The molecule has 0 saturated heterocycles. The van der Waals surface area contributed by atoms with E-state index in [1.165, 1.54) is 0 Å². The lowest BCUT2D eigenvalue weighted by Crippen LogP contribution is -2.20. The molecule has 0 fully saturated rings. The van der Waals surface area contributed by atoms with Gasteiger partial charge in [0.25, 0.3) is 5.91 Å². The van der Waals surface area contributed by atoms with Crippen LogP contribution in [0.25, 0.3) is 10.8 Å². The number of ether oxygens (including phenoxy) is 1. The van der Waals surface area contributed by atoms with Crippen LogP contribution in [0.1, 0.15) is 5.82 Å². The molecule has 0 aliphatic rings. The summed E-state index contributed by atoms with van der Waals surface area (Å²) in [6.07, 6.45) is 0. The highest BCUT2D eigenvalue weighted by Gasteiger charge is 2.09. The Morgan fingerprint density at radius 3 is 2.82 bits per heavy atom. The number of aryl methyl sites for hydroxylation is 1. The van der Waals surface area contributed by atoms with Gasteiger partial charge in [-0.25, -0.2) is 0 Å². The molecule has 0 aliphatic carbocycles. The number of halogens is 1. The standard InChI is InChI=1S/C15H12BrN3O3/c1-9-17-15(22-19-9)18-14(20)8-21-13-5-3-10-6-12(16)4-2-11(10)7-13/h2-7H,8H2,1H3,(H,17,18,19,20). The van der Waals surface area contributed by atoms with Crippen molar-refractivity contribution >= 4 is 38.6 Å². The molecule has 1 amide bonds. The molecule has 112 valence electrons. The van der Waals surface area contributed by atoms with Crippen molar-refractivity contribution in [3.05, 3.63) is 46.7 Å². The summed E-state index contributed by atoms with van der Waals surface area (Å²) in [4.78, 5) is 15.6. The molecular weight excluding hydrogens is 350 g/mol. The maximum absolute atomic E-state index is 11.7. The molecule has 0 unspecified atom stereocenters. The van der Waals surface area contributed by atoms with Gasteiger partial charge in [0.1, 0.15) is 5.75 Å². The molecule has 1 heterocycles. The highest BCUT2D eigenvalue weighted by atomic mass is 79.9. The number of nitrogens with one attached hydrogen (secondary N) is 1. The molecule has 7 heteroatoms. The lowest BCUT2D eigenvalue weighted by atomic mass is 10.1. The Hall–Kier alpha value is -2.41. The Balaban J connectivity index is 1.63. The second kappa shape index (κ2) is 6.15. The molecule has 2 aromatic carbocycles. The van der Waals surface area contributed by atoms with Crippen molar-refractivity contribution in [2.75, 3.05) is 11.9 Å². The fourth-order valence-corrected chi connectivity index (χ4v) is 2.32. The molecule has 0 radical (unpaired) electrons. The van der Waals surface area contributed by atoms with Crippen molar-refractivity contribution in [3.63, 3.8) is 0 Å². The third kappa shape index (κ3) is 3.43. The number of hydrogen-bond donors (Lipinski definition) is 1. The van der Waals surface area contributed by atoms with Gasteiger partial charge in [0.05, 0.1) is 0 Å². The van der Waals surface area contributed by atoms with E-state index in [1.807, 2.05) is 36.4 Å². The highest BCUT2D eigenvalue weighted by Crippen LogP contribution is 2.24. The van der Waals surface area contributed by atoms with E-state index in [0.717, 1.165) is 15.2 Å². The number of anilines is 1. The normalized spacial score (nSPS) is 10.6. The Morgan fingerprint density at radius 2 is 2.05 bits per heavy atom. The Morgan fingerprint density at radius 1 is 1.27 bits per heavy atom. The minimum absolute atomic E-state index is 0.0643. The number of nitrogens with zero attached hydrogens (tertiary/aromatic N) is 2. The molecule has 0 atom stereocenters. The maximum Gasteiger partial charge on any atom is 0.328 e. The lowest BCUT2D eigenvalue weighted by Gasteiger charge is -2.07. The summed E-state index contributed by atoms with van der Waals surface area (Å²) in [5.74, 6) is 0.711. The first kappa shape index (κ1) is 14.5. The molecule has 22 heavy (non-hydrogen) atoms. The van der Waals surface area contributed by atoms with Gasteiger partial charge in [-0.1, -0.05) is 33.2 Å². The first-order valence-electron chi connectivity index (χ1n) is 6.52. The van der Waals surface area contributed by atoms with Crippen molar-refractivity contribution in [3.8, 4) is 5.75 Å². The summed E-state index contributed by atoms with van der Waals surface area (Å²) in [5, 5.41) is 8.18. The predicted molar refractivity (Wildman–Crippen MR) is 84.8 cm³/mol. The molecule has 0 bridgehead atoms. The minimum atomic E-state index is -0.362. The van der Waals surface area contributed by atoms with Crippen LogP contribution in [0.4, 0.5) is 6.01 Å². The van der Waals surface area contributed by atoms with E-state index in [0.29, 0.717) is 11.6 Å². The van der Waals surface area contributed by atoms with Crippen molar-refractivity contribution in [1.82, 2.24) is 10.1 Å². The van der Waals surface area contributed by atoms with Gasteiger partial charge in [-0.3, -0.25) is 10.1 Å². The van der Waals surface area contributed by atoms with Crippen LogP contribution in [0.15, 0.2) is 45.4 Å². The molecule has 3 rings (SSSR count). The zero-order chi connectivity index (χ0) is 15.5. The van der Waals surface area contributed by atoms with E-state index in [4.69, 9.17) is 9.26 Å². The van der Waals surface area contributed by atoms with E-state index in [-0.39, 0.29) is 18.5 Å². The quantitative estimate of drug-likeness (QED) is 0.771. The van der Waals surface area contributed by atoms with Gasteiger partial charge in [0.2, 0.25) is 0 Å². The van der Waals surface area contributed by atoms with Crippen molar-refractivity contribution < 1.29 is 14.1 Å². The van der Waals surface area contributed by atoms with E-state index >= 15 is 0 Å². The number of benzene rings is 2. The van der Waals surface area contributed by atoms with Gasteiger partial charge in [-0.15, -0.1) is 0 Å². The fourth-order valence-electron chi connectivity index (χ4n) is 1.94. The summed E-state index contributed by atoms with van der Waals surface area (Å²) >= 11 is 3.43. The van der Waals surface area contributed by atoms with E-state index in [2.05, 4.69) is 31.4 Å². The zero-order valence-corrected chi connectivity index (χ0v) is 13.3. The van der Waals surface area contributed by atoms with Gasteiger partial charge in [-0.05, 0) is 42.0 Å². The molecule has 1 aromatic heterocycles. The second-order valence-corrected chi connectivity index (χ2v) is 5.55. The molecule has 0 aliphatic heterocycles. The van der Waals surface area contributed by atoms with Crippen LogP contribution < -0.4 is 10.1 Å². The van der Waals surface area contributed by atoms with Crippen LogP contribution in [-0.2, 0) is 4.79 Å². The Bertz CT molecular complexity index is 832. The molecule has 3 aromatic rings. The van der Waals surface area contributed by atoms with Crippen LogP contribution in [0.3, 0.4) is 0 Å². The van der Waals surface area contributed by atoms with Gasteiger partial charge < -0.3 is 9.26 Å². The average molecular weight is 362 g/mol. The molecule has 0 saturated carbocycles. The van der Waals surface area contributed by atoms with E-state index in [1.54, 1.807) is 6.92 Å². The number of carbonyl (C=O) groups is 1. The molecule has 6 nitrogen and oxygen atoms in total. The van der Waals surface area contributed by atoms with Crippen LogP contribution in [0.5, 0.6) is 5.75 Å². The molecule has 0 spiro atoms. The number of aromatic nitrogens is 2. The van der Waals surface area contributed by atoms with Gasteiger partial charge in [0, 0.05) is 4.47 Å². The monoisotopic (exact) mass is 361 g/mol. The number of amides is 1. The molecule has 1 N–H and O–H groups in total. The summed E-state index contributed by atoms with van der Waals surface area (Å²) in [6.45, 7) is 1.53. The summed E-state index contributed by atoms with van der Waals surface area (Å²) in [6, 6.07) is 11.7. The van der Waals surface area contributed by atoms with Crippen molar-refractivity contribution in [2.45, 2.75) is 6.92 Å². The zero-order valence-electron chi connectivity index (χ0n) is 11.7. The van der Waals surface area contributed by atoms with Crippen LogP contribution >= 0.6 is 15.9 Å². The first-order valence-corrected chi connectivity index (χ1v) is 7.32. The predicted octanol–water partition coefficient (Wildman–Crippen LogP) is 3.31. The SMILES string of the molecule is Cc1noc(NC(=O)COc2ccc3cc(Br)ccc3c2)n1. The fraction of sp³-hybridized carbons (Fsp3) is 0.133. The third-order valence-corrected chi connectivity index (χ3v) is 3.41. The van der Waals surface area contributed by atoms with Crippen LogP contribution in [-0.4, -0.2) is 22.7 Å². The second-order valence-electron chi connectivity index (χ2n) is 4.64. The average Bonchev–Trinajstić information content (AvgIpc) is 2.90. The third-order valence-electron chi connectivity index (χ3n) is 2.92. The van der Waals surface area contributed by atoms with Gasteiger partial charge in [-0.2, -0.15) is 4.98 Å². The lowest BCUT2D eigenvalue weighted by molar-refractivity contribution is -0.118. The smallest absolute Gasteiger partial charge is 0.328 e. The first-order chi connectivity index (χ1) is 10.6. The van der Waals surface area contributed by atoms with E-state index in [9.17, 15) is 4.79 Å². The highest BCUT2D eigenvalue weighted by molar-refractivity contribution is 9.10. The Kier molecular flexibility index (Phi) is 4.06. The minimum Gasteiger partial charge on any atom is -0.484 e.